The summed E-state index contributed by atoms with van der Waals surface area (Å²) in [6.45, 7) is 2.38. The number of hydrogen-bond acceptors (Lipinski definition) is 6. The molecule has 0 radical (unpaired) electrons. The normalized spacial score (nSPS) is 10.5. The Labute approximate surface area is 135 Å². The van der Waals surface area contributed by atoms with Crippen LogP contribution in [0.5, 0.6) is 11.5 Å². The third-order valence-electron chi connectivity index (χ3n) is 2.51. The minimum absolute atomic E-state index is 0.359. The summed E-state index contributed by atoms with van der Waals surface area (Å²) >= 11 is 0. The van der Waals surface area contributed by atoms with Gasteiger partial charge in [0.25, 0.3) is 11.9 Å². The predicted octanol–water partition coefficient (Wildman–Crippen LogP) is 2.71. The lowest BCUT2D eigenvalue weighted by atomic mass is 10.3. The minimum Gasteiger partial charge on any atom is -0.452 e. The molecule has 6 nitrogen and oxygen atoms in total. The Morgan fingerprint density at radius 1 is 0.696 bits per heavy atom. The summed E-state index contributed by atoms with van der Waals surface area (Å²) < 4.78 is 21.7. The van der Waals surface area contributed by atoms with Crippen molar-refractivity contribution in [2.75, 3.05) is 0 Å². The van der Waals surface area contributed by atoms with Crippen LogP contribution in [0.2, 0.25) is 0 Å². The second-order valence-electron chi connectivity index (χ2n) is 4.52. The molecule has 23 heavy (non-hydrogen) atoms. The van der Waals surface area contributed by atoms with Gasteiger partial charge in [0.05, 0.1) is 0 Å². The van der Waals surface area contributed by atoms with E-state index in [1.807, 2.05) is 0 Å². The molecule has 0 aliphatic rings. The first-order chi connectivity index (χ1) is 11.0. The minimum atomic E-state index is -4.10. The topological polar surface area (TPSA) is 71.1 Å². The van der Waals surface area contributed by atoms with Crippen molar-refractivity contribution >= 4 is 21.0 Å². The summed E-state index contributed by atoms with van der Waals surface area (Å²) in [5.74, 6) is -0.634. The standard InChI is InChI=1S/C16H16O6Si/c1-13(17)19-23(20-14(2)18,21-15-9-5-3-6-10-15)22-16-11-7-4-8-12-16/h3-12H,1-2H3. The molecular formula is C16H16O6Si. The smallest absolute Gasteiger partial charge is 0.452 e. The van der Waals surface area contributed by atoms with Crippen LogP contribution in [0.4, 0.5) is 0 Å². The lowest BCUT2D eigenvalue weighted by molar-refractivity contribution is -0.145. The fraction of sp³-hybridized carbons (Fsp3) is 0.125. The Morgan fingerprint density at radius 2 is 1.04 bits per heavy atom. The lowest BCUT2D eigenvalue weighted by Crippen LogP contribution is -2.56. The predicted molar refractivity (Wildman–Crippen MR) is 83.4 cm³/mol. The van der Waals surface area contributed by atoms with Crippen molar-refractivity contribution in [3.63, 3.8) is 0 Å². The van der Waals surface area contributed by atoms with Crippen molar-refractivity contribution in [2.24, 2.45) is 0 Å². The molecule has 2 rings (SSSR count). The maximum absolute atomic E-state index is 11.5. The van der Waals surface area contributed by atoms with Crippen LogP contribution >= 0.6 is 0 Å². The molecular weight excluding hydrogens is 316 g/mol. The SMILES string of the molecule is CC(=O)O[Si](OC(C)=O)(Oc1ccccc1)Oc1ccccc1. The van der Waals surface area contributed by atoms with Crippen LogP contribution in [0, 0.1) is 0 Å². The summed E-state index contributed by atoms with van der Waals surface area (Å²) in [5.41, 5.74) is 0. The van der Waals surface area contributed by atoms with Gasteiger partial charge in [-0.25, -0.2) is 0 Å². The molecule has 0 unspecified atom stereocenters. The summed E-state index contributed by atoms with van der Waals surface area (Å²) in [4.78, 5) is 23.0. The van der Waals surface area contributed by atoms with Crippen LogP contribution in [0.25, 0.3) is 0 Å². The summed E-state index contributed by atoms with van der Waals surface area (Å²) in [6.07, 6.45) is 0. The third kappa shape index (κ3) is 5.15. The highest BCUT2D eigenvalue weighted by atomic mass is 28.4. The quantitative estimate of drug-likeness (QED) is 0.758. The van der Waals surface area contributed by atoms with Gasteiger partial charge < -0.3 is 17.7 Å². The number of para-hydroxylation sites is 2. The molecule has 7 heteroatoms. The van der Waals surface area contributed by atoms with E-state index < -0.39 is 21.0 Å². The van der Waals surface area contributed by atoms with Gasteiger partial charge in [-0.1, -0.05) is 36.4 Å². The highest BCUT2D eigenvalue weighted by Crippen LogP contribution is 2.22. The van der Waals surface area contributed by atoms with Crippen molar-refractivity contribution in [3.8, 4) is 11.5 Å². The summed E-state index contributed by atoms with van der Waals surface area (Å²) in [5, 5.41) is 0. The molecule has 0 fully saturated rings. The van der Waals surface area contributed by atoms with Crippen molar-refractivity contribution in [1.82, 2.24) is 0 Å². The Balaban J connectivity index is 2.36. The highest BCUT2D eigenvalue weighted by Gasteiger charge is 2.59. The number of rotatable bonds is 6. The number of carbonyl (C=O) groups is 2. The van der Waals surface area contributed by atoms with Gasteiger partial charge in [-0.3, -0.25) is 9.59 Å². The van der Waals surface area contributed by atoms with Gasteiger partial charge in [-0.15, -0.1) is 0 Å². The largest absolute Gasteiger partial charge is 0.970 e. The Morgan fingerprint density at radius 3 is 1.35 bits per heavy atom. The molecule has 2 aromatic rings. The monoisotopic (exact) mass is 332 g/mol. The Kier molecular flexibility index (Phi) is 5.37. The van der Waals surface area contributed by atoms with Gasteiger partial charge in [-0.2, -0.15) is 0 Å². The van der Waals surface area contributed by atoms with E-state index in [2.05, 4.69) is 0 Å². The zero-order valence-electron chi connectivity index (χ0n) is 12.7. The fourth-order valence-corrected chi connectivity index (χ4v) is 3.55. The number of hydrogen-bond donors (Lipinski definition) is 0. The first kappa shape index (κ1) is 16.6. The molecule has 0 bridgehead atoms. The molecule has 0 saturated heterocycles. The highest BCUT2D eigenvalue weighted by molar-refractivity contribution is 6.59. The van der Waals surface area contributed by atoms with Crippen LogP contribution < -0.4 is 8.85 Å². The van der Waals surface area contributed by atoms with Gasteiger partial charge >= 0.3 is 9.05 Å². The Bertz CT molecular complexity index is 599. The maximum Gasteiger partial charge on any atom is 0.970 e. The molecule has 0 spiro atoms. The zero-order chi connectivity index (χ0) is 16.7. The van der Waals surface area contributed by atoms with E-state index in [1.54, 1.807) is 60.7 Å². The van der Waals surface area contributed by atoms with Crippen molar-refractivity contribution in [1.29, 1.82) is 0 Å². The fourth-order valence-electron chi connectivity index (χ4n) is 1.74. The van der Waals surface area contributed by atoms with Crippen LogP contribution in [0.1, 0.15) is 13.8 Å². The van der Waals surface area contributed by atoms with Gasteiger partial charge in [0.1, 0.15) is 11.5 Å². The zero-order valence-corrected chi connectivity index (χ0v) is 13.7. The van der Waals surface area contributed by atoms with Gasteiger partial charge in [0.15, 0.2) is 0 Å². The average Bonchev–Trinajstić information content (AvgIpc) is 2.47. The van der Waals surface area contributed by atoms with E-state index in [1.165, 1.54) is 13.8 Å². The van der Waals surface area contributed by atoms with E-state index >= 15 is 0 Å². The first-order valence-corrected chi connectivity index (χ1v) is 8.50. The van der Waals surface area contributed by atoms with Crippen molar-refractivity contribution < 1.29 is 27.3 Å². The van der Waals surface area contributed by atoms with Gasteiger partial charge in [-0.05, 0) is 24.3 Å². The molecule has 0 aliphatic carbocycles. The van der Waals surface area contributed by atoms with E-state index in [0.29, 0.717) is 11.5 Å². The van der Waals surface area contributed by atoms with Crippen molar-refractivity contribution in [3.05, 3.63) is 60.7 Å². The molecule has 0 heterocycles. The summed E-state index contributed by atoms with van der Waals surface area (Å²) in [6, 6.07) is 17.1. The second kappa shape index (κ2) is 7.46. The lowest BCUT2D eigenvalue weighted by Gasteiger charge is -2.25. The molecule has 0 aliphatic heterocycles. The molecule has 0 atom stereocenters. The maximum atomic E-state index is 11.5. The molecule has 0 amide bonds. The number of benzene rings is 2. The molecule has 0 N–H and O–H groups in total. The summed E-state index contributed by atoms with van der Waals surface area (Å²) in [7, 11) is -4.10. The van der Waals surface area contributed by atoms with Gasteiger partial charge in [0, 0.05) is 13.8 Å². The van der Waals surface area contributed by atoms with Crippen LogP contribution in [-0.2, 0) is 18.4 Å². The molecule has 0 saturated carbocycles. The van der Waals surface area contributed by atoms with Crippen LogP contribution in [0.3, 0.4) is 0 Å². The van der Waals surface area contributed by atoms with E-state index in [0.717, 1.165) is 0 Å². The van der Waals surface area contributed by atoms with Crippen molar-refractivity contribution in [2.45, 2.75) is 13.8 Å². The third-order valence-corrected chi connectivity index (χ3v) is 4.56. The second-order valence-corrected chi connectivity index (χ2v) is 6.33. The van der Waals surface area contributed by atoms with Crippen LogP contribution in [-0.4, -0.2) is 21.0 Å². The molecule has 120 valence electrons. The molecule has 0 aromatic heterocycles. The Hall–Kier alpha value is -2.80. The van der Waals surface area contributed by atoms with Gasteiger partial charge in [0.2, 0.25) is 0 Å². The van der Waals surface area contributed by atoms with Crippen LogP contribution in [0.15, 0.2) is 60.7 Å². The van der Waals surface area contributed by atoms with E-state index in [4.69, 9.17) is 17.7 Å². The van der Waals surface area contributed by atoms with E-state index in [-0.39, 0.29) is 0 Å². The number of carbonyl (C=O) groups excluding carboxylic acids is 2. The first-order valence-electron chi connectivity index (χ1n) is 6.86. The molecule has 2 aromatic carbocycles. The average molecular weight is 332 g/mol. The van der Waals surface area contributed by atoms with E-state index in [9.17, 15) is 9.59 Å².